The molecule has 0 aromatic rings. The summed E-state index contributed by atoms with van der Waals surface area (Å²) in [6.45, 7) is 16.9. The van der Waals surface area contributed by atoms with Gasteiger partial charge in [-0.2, -0.15) is 0 Å². The first-order valence-electron chi connectivity index (χ1n) is 8.69. The molecule has 2 aliphatic rings. The highest BCUT2D eigenvalue weighted by Gasteiger charge is 2.45. The predicted octanol–water partition coefficient (Wildman–Crippen LogP) is 3.39. The van der Waals surface area contributed by atoms with Crippen molar-refractivity contribution < 1.29 is 4.79 Å². The van der Waals surface area contributed by atoms with Gasteiger partial charge in [-0.25, -0.2) is 0 Å². The van der Waals surface area contributed by atoms with Crippen LogP contribution in [0.3, 0.4) is 0 Å². The Morgan fingerprint density at radius 1 is 1.14 bits per heavy atom. The van der Waals surface area contributed by atoms with Gasteiger partial charge < -0.3 is 9.80 Å². The van der Waals surface area contributed by atoms with Crippen molar-refractivity contribution in [2.24, 2.45) is 16.7 Å². The fourth-order valence-electron chi connectivity index (χ4n) is 3.73. The summed E-state index contributed by atoms with van der Waals surface area (Å²) in [6, 6.07) is 0. The molecular weight excluding hydrogens is 260 g/mol. The Hall–Kier alpha value is -0.570. The Morgan fingerprint density at radius 3 is 2.19 bits per heavy atom. The second-order valence-electron chi connectivity index (χ2n) is 9.00. The lowest BCUT2D eigenvalue weighted by Crippen LogP contribution is -2.61. The predicted molar refractivity (Wildman–Crippen MR) is 88.2 cm³/mol. The molecule has 3 nitrogen and oxygen atoms in total. The van der Waals surface area contributed by atoms with Crippen LogP contribution < -0.4 is 0 Å². The van der Waals surface area contributed by atoms with Crippen LogP contribution in [0.4, 0.5) is 0 Å². The normalized spacial score (nSPS) is 22.7. The number of amides is 1. The van der Waals surface area contributed by atoms with Gasteiger partial charge in [0.15, 0.2) is 0 Å². The van der Waals surface area contributed by atoms with Gasteiger partial charge in [-0.05, 0) is 36.0 Å². The standard InChI is InChI=1S/C18H34N2O/c1-15(2)12-19-13-18(14-19)8-10-20(11-9-18)16(21)6-7-17(3,4)5/h15H,6-14H2,1-5H3. The van der Waals surface area contributed by atoms with E-state index in [9.17, 15) is 4.79 Å². The van der Waals surface area contributed by atoms with E-state index in [2.05, 4.69) is 44.4 Å². The molecule has 1 amide bonds. The maximum Gasteiger partial charge on any atom is 0.222 e. The van der Waals surface area contributed by atoms with Crippen LogP contribution in [0.5, 0.6) is 0 Å². The van der Waals surface area contributed by atoms with Crippen molar-refractivity contribution in [3.8, 4) is 0 Å². The quantitative estimate of drug-likeness (QED) is 0.793. The molecule has 0 aromatic carbocycles. The molecule has 2 rings (SSSR count). The van der Waals surface area contributed by atoms with Crippen molar-refractivity contribution in [1.82, 2.24) is 9.80 Å². The minimum atomic E-state index is 0.262. The summed E-state index contributed by atoms with van der Waals surface area (Å²) in [4.78, 5) is 17.0. The highest BCUT2D eigenvalue weighted by Crippen LogP contribution is 2.40. The first-order chi connectivity index (χ1) is 9.69. The van der Waals surface area contributed by atoms with Gasteiger partial charge in [0.1, 0.15) is 0 Å². The summed E-state index contributed by atoms with van der Waals surface area (Å²) in [7, 11) is 0. The van der Waals surface area contributed by atoms with Crippen LogP contribution in [-0.2, 0) is 4.79 Å². The lowest BCUT2D eigenvalue weighted by molar-refractivity contribution is -0.137. The molecule has 0 saturated carbocycles. The summed E-state index contributed by atoms with van der Waals surface area (Å²) in [5.74, 6) is 1.14. The van der Waals surface area contributed by atoms with Crippen LogP contribution in [0, 0.1) is 16.7 Å². The molecule has 2 heterocycles. The summed E-state index contributed by atoms with van der Waals surface area (Å²) in [5, 5.41) is 0. The van der Waals surface area contributed by atoms with Crippen molar-refractivity contribution in [1.29, 1.82) is 0 Å². The van der Waals surface area contributed by atoms with Crippen LogP contribution in [-0.4, -0.2) is 48.4 Å². The van der Waals surface area contributed by atoms with E-state index in [1.165, 1.54) is 32.5 Å². The number of carbonyl (C=O) groups is 1. The molecule has 0 bridgehead atoms. The Bertz CT molecular complexity index is 354. The van der Waals surface area contributed by atoms with Crippen molar-refractivity contribution >= 4 is 5.91 Å². The highest BCUT2D eigenvalue weighted by molar-refractivity contribution is 5.76. The number of carbonyl (C=O) groups excluding carboxylic acids is 1. The van der Waals surface area contributed by atoms with Gasteiger partial charge in [0.2, 0.25) is 5.91 Å². The number of rotatable bonds is 4. The van der Waals surface area contributed by atoms with Gasteiger partial charge in [0, 0.05) is 39.1 Å². The fraction of sp³-hybridized carbons (Fsp3) is 0.944. The van der Waals surface area contributed by atoms with Crippen molar-refractivity contribution in [2.75, 3.05) is 32.7 Å². The highest BCUT2D eigenvalue weighted by atomic mass is 16.2. The number of hydrogen-bond donors (Lipinski definition) is 0. The molecule has 21 heavy (non-hydrogen) atoms. The van der Waals surface area contributed by atoms with E-state index < -0.39 is 0 Å². The van der Waals surface area contributed by atoms with Gasteiger partial charge >= 0.3 is 0 Å². The average molecular weight is 294 g/mol. The molecule has 0 aliphatic carbocycles. The zero-order valence-corrected chi connectivity index (χ0v) is 14.7. The smallest absolute Gasteiger partial charge is 0.222 e. The summed E-state index contributed by atoms with van der Waals surface area (Å²) in [5.41, 5.74) is 0.799. The van der Waals surface area contributed by atoms with E-state index in [0.29, 0.717) is 11.3 Å². The molecule has 1 spiro atoms. The van der Waals surface area contributed by atoms with E-state index in [1.807, 2.05) is 0 Å². The molecular formula is C18H34N2O. The number of piperidine rings is 1. The third-order valence-corrected chi connectivity index (χ3v) is 5.01. The second-order valence-corrected chi connectivity index (χ2v) is 9.00. The second kappa shape index (κ2) is 6.28. The van der Waals surface area contributed by atoms with Crippen LogP contribution in [0.2, 0.25) is 0 Å². The molecule has 3 heteroatoms. The lowest BCUT2D eigenvalue weighted by atomic mass is 9.71. The first kappa shape index (κ1) is 16.8. The zero-order chi connectivity index (χ0) is 15.7. The average Bonchev–Trinajstić information content (AvgIpc) is 2.33. The van der Waals surface area contributed by atoms with E-state index in [1.54, 1.807) is 0 Å². The van der Waals surface area contributed by atoms with Crippen molar-refractivity contribution in [2.45, 2.75) is 60.3 Å². The molecule has 122 valence electrons. The largest absolute Gasteiger partial charge is 0.343 e. The number of hydrogen-bond acceptors (Lipinski definition) is 2. The maximum atomic E-state index is 12.3. The lowest BCUT2D eigenvalue weighted by Gasteiger charge is -2.54. The Kier molecular flexibility index (Phi) is 5.02. The molecule has 0 aromatic heterocycles. The van der Waals surface area contributed by atoms with Gasteiger partial charge in [0.25, 0.3) is 0 Å². The van der Waals surface area contributed by atoms with E-state index >= 15 is 0 Å². The molecule has 2 aliphatic heterocycles. The monoisotopic (exact) mass is 294 g/mol. The van der Waals surface area contributed by atoms with Crippen LogP contribution in [0.25, 0.3) is 0 Å². The van der Waals surface area contributed by atoms with Gasteiger partial charge in [-0.1, -0.05) is 34.6 Å². The van der Waals surface area contributed by atoms with Crippen LogP contribution >= 0.6 is 0 Å². The van der Waals surface area contributed by atoms with Crippen molar-refractivity contribution in [3.05, 3.63) is 0 Å². The van der Waals surface area contributed by atoms with Crippen LogP contribution in [0.1, 0.15) is 60.3 Å². The van der Waals surface area contributed by atoms with Gasteiger partial charge in [-0.3, -0.25) is 4.79 Å². The van der Waals surface area contributed by atoms with E-state index in [4.69, 9.17) is 0 Å². The molecule has 2 fully saturated rings. The Morgan fingerprint density at radius 2 is 1.71 bits per heavy atom. The van der Waals surface area contributed by atoms with Gasteiger partial charge in [0.05, 0.1) is 0 Å². The summed E-state index contributed by atoms with van der Waals surface area (Å²) >= 11 is 0. The third kappa shape index (κ3) is 4.70. The first-order valence-corrected chi connectivity index (χ1v) is 8.69. The molecule has 0 radical (unpaired) electrons. The Labute approximate surface area is 131 Å². The fourth-order valence-corrected chi connectivity index (χ4v) is 3.73. The van der Waals surface area contributed by atoms with Crippen molar-refractivity contribution in [3.63, 3.8) is 0 Å². The molecule has 0 unspecified atom stereocenters. The summed E-state index contributed by atoms with van der Waals surface area (Å²) < 4.78 is 0. The molecule has 2 saturated heterocycles. The minimum absolute atomic E-state index is 0.262. The van der Waals surface area contributed by atoms with Crippen LogP contribution in [0.15, 0.2) is 0 Å². The summed E-state index contributed by atoms with van der Waals surface area (Å²) in [6.07, 6.45) is 4.14. The number of likely N-dealkylation sites (tertiary alicyclic amines) is 2. The molecule has 0 atom stereocenters. The molecule has 0 N–H and O–H groups in total. The Balaban J connectivity index is 1.71. The van der Waals surface area contributed by atoms with E-state index in [-0.39, 0.29) is 5.41 Å². The third-order valence-electron chi connectivity index (χ3n) is 5.01. The topological polar surface area (TPSA) is 23.6 Å². The minimum Gasteiger partial charge on any atom is -0.343 e. The zero-order valence-electron chi connectivity index (χ0n) is 14.7. The SMILES string of the molecule is CC(C)CN1CC2(CCN(C(=O)CCC(C)(C)C)CC2)C1. The maximum absolute atomic E-state index is 12.3. The van der Waals surface area contributed by atoms with E-state index in [0.717, 1.165) is 31.8 Å². The van der Waals surface area contributed by atoms with Gasteiger partial charge in [-0.15, -0.1) is 0 Å². The number of nitrogens with zero attached hydrogens (tertiary/aromatic N) is 2.